The Bertz CT molecular complexity index is 2810. The number of nitrogens with zero attached hydrogens (tertiary/aromatic N) is 2. The molecule has 3 nitrogen and oxygen atoms in total. The van der Waals surface area contributed by atoms with Crippen LogP contribution < -0.4 is 30.9 Å². The Morgan fingerprint density at radius 2 is 1.22 bits per heavy atom. The lowest BCUT2D eigenvalue weighted by Gasteiger charge is -2.40. The predicted octanol–water partition coefficient (Wildman–Crippen LogP) is 11.6. The van der Waals surface area contributed by atoms with E-state index in [0.29, 0.717) is 0 Å². The number of para-hydroxylation sites is 2. The number of hydrogen-bond donors (Lipinski definition) is 0. The van der Waals surface area contributed by atoms with E-state index in [9.17, 15) is 0 Å². The van der Waals surface area contributed by atoms with Gasteiger partial charge in [-0.3, -0.25) is 0 Å². The van der Waals surface area contributed by atoms with Crippen molar-refractivity contribution in [1.29, 1.82) is 0 Å². The van der Waals surface area contributed by atoms with Crippen LogP contribution in [0.25, 0.3) is 21.9 Å². The molecule has 0 bridgehead atoms. The first-order valence-electron chi connectivity index (χ1n) is 19.3. The molecule has 8 aromatic rings. The fourth-order valence-electron chi connectivity index (χ4n) is 9.60. The Balaban J connectivity index is 1.14. The first kappa shape index (κ1) is 32.0. The third-order valence-electron chi connectivity index (χ3n) is 12.2. The number of aryl methyl sites for hydroxylation is 2. The molecule has 0 saturated carbocycles. The minimum absolute atomic E-state index is 0.0373. The Kier molecular flexibility index (Phi) is 6.82. The summed E-state index contributed by atoms with van der Waals surface area (Å²) in [4.78, 5) is 4.83. The van der Waals surface area contributed by atoms with E-state index in [2.05, 4.69) is 201 Å². The lowest BCUT2D eigenvalue weighted by atomic mass is 9.34. The van der Waals surface area contributed by atoms with Gasteiger partial charge in [-0.2, -0.15) is 0 Å². The van der Waals surface area contributed by atoms with Gasteiger partial charge >= 0.3 is 0 Å². The molecular formula is C51H39BN2O. The van der Waals surface area contributed by atoms with Gasteiger partial charge in [-0.05, 0) is 125 Å². The van der Waals surface area contributed by atoms with Crippen molar-refractivity contribution < 1.29 is 4.74 Å². The van der Waals surface area contributed by atoms with E-state index >= 15 is 0 Å². The van der Waals surface area contributed by atoms with Gasteiger partial charge in [0.1, 0.15) is 11.5 Å². The van der Waals surface area contributed by atoms with E-state index < -0.39 is 0 Å². The zero-order chi connectivity index (χ0) is 37.0. The number of rotatable bonds is 4. The zero-order valence-electron chi connectivity index (χ0n) is 31.5. The first-order chi connectivity index (χ1) is 26.9. The lowest BCUT2D eigenvalue weighted by Crippen LogP contribution is -2.59. The molecule has 2 aliphatic heterocycles. The summed E-state index contributed by atoms with van der Waals surface area (Å²) in [7, 11) is 0. The second-order valence-electron chi connectivity index (χ2n) is 15.9. The fourth-order valence-corrected chi connectivity index (χ4v) is 9.60. The van der Waals surface area contributed by atoms with Crippen molar-refractivity contribution >= 4 is 68.0 Å². The maximum Gasteiger partial charge on any atom is 0.256 e. The average Bonchev–Trinajstić information content (AvgIpc) is 3.43. The number of ether oxygens (including phenoxy) is 1. The van der Waals surface area contributed by atoms with Gasteiger partial charge < -0.3 is 14.5 Å². The van der Waals surface area contributed by atoms with Crippen LogP contribution in [-0.4, -0.2) is 6.71 Å². The molecule has 4 heteroatoms. The van der Waals surface area contributed by atoms with Crippen molar-refractivity contribution in [2.45, 2.75) is 33.1 Å². The van der Waals surface area contributed by atoms with Gasteiger partial charge in [-0.1, -0.05) is 122 Å². The van der Waals surface area contributed by atoms with Crippen LogP contribution >= 0.6 is 0 Å². The molecule has 55 heavy (non-hydrogen) atoms. The Morgan fingerprint density at radius 1 is 0.545 bits per heavy atom. The van der Waals surface area contributed by atoms with E-state index in [1.54, 1.807) is 0 Å². The third-order valence-corrected chi connectivity index (χ3v) is 12.2. The van der Waals surface area contributed by atoms with E-state index in [4.69, 9.17) is 4.74 Å². The normalized spacial score (nSPS) is 14.0. The van der Waals surface area contributed by atoms with Gasteiger partial charge in [0.2, 0.25) is 0 Å². The first-order valence-corrected chi connectivity index (χ1v) is 19.3. The number of benzene rings is 8. The molecule has 0 aromatic heterocycles. The van der Waals surface area contributed by atoms with Crippen LogP contribution in [0.3, 0.4) is 0 Å². The van der Waals surface area contributed by atoms with Gasteiger partial charge in [-0.15, -0.1) is 0 Å². The highest BCUT2D eigenvalue weighted by atomic mass is 16.5. The predicted molar refractivity (Wildman–Crippen MR) is 232 cm³/mol. The van der Waals surface area contributed by atoms with Crippen molar-refractivity contribution in [3.8, 4) is 22.6 Å². The highest BCUT2D eigenvalue weighted by molar-refractivity contribution is 6.99. The molecule has 0 spiro atoms. The van der Waals surface area contributed by atoms with Crippen molar-refractivity contribution in [1.82, 2.24) is 0 Å². The second-order valence-corrected chi connectivity index (χ2v) is 15.9. The van der Waals surface area contributed by atoms with Crippen LogP contribution in [0.5, 0.6) is 11.5 Å². The summed E-state index contributed by atoms with van der Waals surface area (Å²) < 4.78 is 7.04. The van der Waals surface area contributed by atoms with Crippen molar-refractivity contribution in [2.75, 3.05) is 9.80 Å². The molecule has 2 heterocycles. The van der Waals surface area contributed by atoms with Crippen molar-refractivity contribution in [3.63, 3.8) is 0 Å². The molecule has 3 aliphatic rings. The number of anilines is 6. The molecular weight excluding hydrogens is 667 g/mol. The van der Waals surface area contributed by atoms with E-state index in [-0.39, 0.29) is 12.1 Å². The average molecular weight is 707 g/mol. The monoisotopic (exact) mass is 706 g/mol. The molecule has 0 atom stereocenters. The maximum atomic E-state index is 7.04. The van der Waals surface area contributed by atoms with Crippen LogP contribution in [-0.2, 0) is 5.41 Å². The van der Waals surface area contributed by atoms with Gasteiger partial charge in [0.05, 0.1) is 5.69 Å². The Morgan fingerprint density at radius 3 is 1.95 bits per heavy atom. The third kappa shape index (κ3) is 4.64. The summed E-state index contributed by atoms with van der Waals surface area (Å²) in [6.45, 7) is 9.19. The van der Waals surface area contributed by atoms with E-state index in [1.165, 1.54) is 77.6 Å². The molecule has 11 rings (SSSR count). The molecule has 0 saturated heterocycles. The summed E-state index contributed by atoms with van der Waals surface area (Å²) in [5.74, 6) is 1.87. The smallest absolute Gasteiger partial charge is 0.256 e. The molecule has 0 fully saturated rings. The summed E-state index contributed by atoms with van der Waals surface area (Å²) >= 11 is 0. The Hall–Kier alpha value is -6.52. The second kappa shape index (κ2) is 11.7. The summed E-state index contributed by atoms with van der Waals surface area (Å²) in [5.41, 5.74) is 18.2. The number of hydrogen-bond acceptors (Lipinski definition) is 3. The lowest BCUT2D eigenvalue weighted by molar-refractivity contribution is 0.487. The standard InChI is InChI=1S/C51H39BN2O/c1-32-22-25-36(26-23-32)54-44-27-24-33(2)28-42(44)52-43-30-40-39(29-48(43)55-47-21-13-20-45(54)50(47)52)49-38-19-12-11-18-37(38)46(31-41(49)51(40,3)4)53(34-14-7-5-8-15-34)35-16-9-6-10-17-35/h5-31H,1-4H3. The summed E-state index contributed by atoms with van der Waals surface area (Å²) in [6, 6.07) is 60.1. The van der Waals surface area contributed by atoms with Gasteiger partial charge in [0.15, 0.2) is 0 Å². The molecule has 0 amide bonds. The zero-order valence-corrected chi connectivity index (χ0v) is 31.5. The fraction of sp³-hybridized carbons (Fsp3) is 0.0980. The molecule has 262 valence electrons. The van der Waals surface area contributed by atoms with Gasteiger partial charge in [0.25, 0.3) is 6.71 Å². The minimum Gasteiger partial charge on any atom is -0.458 e. The van der Waals surface area contributed by atoms with Gasteiger partial charge in [0, 0.05) is 39.2 Å². The molecule has 0 N–H and O–H groups in total. The molecule has 0 unspecified atom stereocenters. The van der Waals surface area contributed by atoms with E-state index in [1.807, 2.05) is 0 Å². The van der Waals surface area contributed by atoms with Crippen molar-refractivity contribution in [2.24, 2.45) is 0 Å². The highest BCUT2D eigenvalue weighted by Gasteiger charge is 2.45. The summed E-state index contributed by atoms with van der Waals surface area (Å²) in [6.07, 6.45) is 0. The molecule has 1 aliphatic carbocycles. The SMILES string of the molecule is Cc1ccc(N2c3ccc(C)cc3B3c4cc5c(cc4Oc4cccc2c43)-c2c(cc(N(c3ccccc3)c3ccccc3)c3ccccc23)C5(C)C)cc1. The molecule has 8 aromatic carbocycles. The minimum atomic E-state index is -0.268. The van der Waals surface area contributed by atoms with Crippen molar-refractivity contribution in [3.05, 3.63) is 186 Å². The topological polar surface area (TPSA) is 15.7 Å². The highest BCUT2D eigenvalue weighted by Crippen LogP contribution is 2.55. The number of fused-ring (bicyclic) bond motifs is 9. The van der Waals surface area contributed by atoms with Crippen LogP contribution in [0.1, 0.15) is 36.1 Å². The van der Waals surface area contributed by atoms with Crippen LogP contribution in [0.4, 0.5) is 34.1 Å². The van der Waals surface area contributed by atoms with Crippen LogP contribution in [0.15, 0.2) is 164 Å². The van der Waals surface area contributed by atoms with Gasteiger partial charge in [-0.25, -0.2) is 0 Å². The van der Waals surface area contributed by atoms with E-state index in [0.717, 1.165) is 28.6 Å². The maximum absolute atomic E-state index is 7.04. The largest absolute Gasteiger partial charge is 0.458 e. The quantitative estimate of drug-likeness (QED) is 0.170. The summed E-state index contributed by atoms with van der Waals surface area (Å²) in [5, 5.41) is 2.48. The Labute approximate surface area is 323 Å². The van der Waals surface area contributed by atoms with Crippen LogP contribution in [0.2, 0.25) is 0 Å². The molecule has 0 radical (unpaired) electrons. The van der Waals surface area contributed by atoms with Crippen LogP contribution in [0, 0.1) is 13.8 Å².